The summed E-state index contributed by atoms with van der Waals surface area (Å²) in [5.74, 6) is -0.331. The minimum atomic E-state index is -0.522. The summed E-state index contributed by atoms with van der Waals surface area (Å²) in [5.41, 5.74) is 0.837. The number of carbonyl (C=O) groups excluding carboxylic acids is 1. The Morgan fingerprint density at radius 1 is 1.16 bits per heavy atom. The lowest BCUT2D eigenvalue weighted by molar-refractivity contribution is -0.383. The van der Waals surface area contributed by atoms with Gasteiger partial charge in [0.25, 0.3) is 5.69 Å². The number of fused-ring (bicyclic) bond motifs is 1. The first-order valence-electron chi connectivity index (χ1n) is 7.47. The van der Waals surface area contributed by atoms with Gasteiger partial charge in [0.15, 0.2) is 0 Å². The highest BCUT2D eigenvalue weighted by molar-refractivity contribution is 8.00. The van der Waals surface area contributed by atoms with Crippen LogP contribution >= 0.6 is 11.8 Å². The third kappa shape index (κ3) is 3.74. The van der Waals surface area contributed by atoms with Crippen molar-refractivity contribution < 1.29 is 9.72 Å². The molecule has 0 radical (unpaired) electrons. The van der Waals surface area contributed by atoms with Gasteiger partial charge in [0.05, 0.1) is 15.7 Å². The predicted octanol–water partition coefficient (Wildman–Crippen LogP) is 3.66. The largest absolute Gasteiger partial charge is 0.319 e. The van der Waals surface area contributed by atoms with Crippen LogP contribution in [-0.2, 0) is 4.79 Å². The summed E-state index contributed by atoms with van der Waals surface area (Å²) in [4.78, 5) is 31.4. The Hall–Kier alpha value is -3.00. The number of aromatic nitrogens is 2. The highest BCUT2D eigenvalue weighted by Crippen LogP contribution is 2.29. The molecule has 0 aliphatic carbocycles. The van der Waals surface area contributed by atoms with E-state index in [2.05, 4.69) is 15.3 Å². The Kier molecular flexibility index (Phi) is 4.90. The van der Waals surface area contributed by atoms with Gasteiger partial charge in [-0.3, -0.25) is 14.9 Å². The van der Waals surface area contributed by atoms with E-state index < -0.39 is 10.2 Å². The van der Waals surface area contributed by atoms with E-state index in [1.807, 2.05) is 24.3 Å². The van der Waals surface area contributed by atoms with Gasteiger partial charge in [-0.05, 0) is 19.1 Å². The van der Waals surface area contributed by atoms with Crippen LogP contribution in [0.1, 0.15) is 6.92 Å². The number of benzene rings is 2. The maximum Gasteiger partial charge on any atom is 0.292 e. The van der Waals surface area contributed by atoms with Crippen LogP contribution < -0.4 is 5.32 Å². The van der Waals surface area contributed by atoms with Crippen LogP contribution in [0.5, 0.6) is 0 Å². The van der Waals surface area contributed by atoms with E-state index >= 15 is 0 Å². The number of nitrogens with zero attached hydrogens (tertiary/aromatic N) is 3. The van der Waals surface area contributed by atoms with Gasteiger partial charge in [-0.1, -0.05) is 42.1 Å². The molecular weight excluding hydrogens is 340 g/mol. The van der Waals surface area contributed by atoms with Gasteiger partial charge < -0.3 is 5.32 Å². The Morgan fingerprint density at radius 3 is 2.68 bits per heavy atom. The van der Waals surface area contributed by atoms with Crippen molar-refractivity contribution in [3.8, 4) is 0 Å². The molecule has 1 amide bonds. The average molecular weight is 354 g/mol. The molecule has 1 unspecified atom stereocenters. The first kappa shape index (κ1) is 16.8. The molecule has 1 N–H and O–H groups in total. The molecule has 25 heavy (non-hydrogen) atoms. The van der Waals surface area contributed by atoms with Crippen molar-refractivity contribution in [2.24, 2.45) is 0 Å². The third-order valence-electron chi connectivity index (χ3n) is 3.52. The van der Waals surface area contributed by atoms with Crippen LogP contribution in [0.2, 0.25) is 0 Å². The normalized spacial score (nSPS) is 11.9. The van der Waals surface area contributed by atoms with Crippen molar-refractivity contribution in [2.45, 2.75) is 17.2 Å². The van der Waals surface area contributed by atoms with Crippen molar-refractivity contribution >= 4 is 39.9 Å². The summed E-state index contributed by atoms with van der Waals surface area (Å²) in [5, 5.41) is 14.7. The summed E-state index contributed by atoms with van der Waals surface area (Å²) in [6.07, 6.45) is 1.46. The lowest BCUT2D eigenvalue weighted by atomic mass is 10.2. The fourth-order valence-corrected chi connectivity index (χ4v) is 3.18. The van der Waals surface area contributed by atoms with Crippen LogP contribution in [0, 0.1) is 10.1 Å². The fraction of sp³-hybridized carbons (Fsp3) is 0.118. The van der Waals surface area contributed by atoms with Gasteiger partial charge in [-0.25, -0.2) is 9.97 Å². The number of nitro groups is 1. The topological polar surface area (TPSA) is 98.0 Å². The SMILES string of the molecule is CC(Sc1ncnc2ccccc12)C(=O)Nc1ccccc1[N+](=O)[O-]. The van der Waals surface area contributed by atoms with Crippen LogP contribution in [0.4, 0.5) is 11.4 Å². The second-order valence-electron chi connectivity index (χ2n) is 5.22. The summed E-state index contributed by atoms with van der Waals surface area (Å²) in [7, 11) is 0. The smallest absolute Gasteiger partial charge is 0.292 e. The Labute approximate surface area is 147 Å². The second kappa shape index (κ2) is 7.27. The molecule has 1 heterocycles. The lowest BCUT2D eigenvalue weighted by Gasteiger charge is -2.12. The Balaban J connectivity index is 1.78. The zero-order valence-corrected chi connectivity index (χ0v) is 14.1. The molecule has 2 aromatic carbocycles. The minimum absolute atomic E-state index is 0.138. The number of nitrogens with one attached hydrogen (secondary N) is 1. The number of carbonyl (C=O) groups is 1. The van der Waals surface area contributed by atoms with Crippen LogP contribution in [0.15, 0.2) is 59.9 Å². The number of hydrogen-bond donors (Lipinski definition) is 1. The average Bonchev–Trinajstić information content (AvgIpc) is 2.62. The summed E-state index contributed by atoms with van der Waals surface area (Å²) < 4.78 is 0. The van der Waals surface area contributed by atoms with Crippen LogP contribution in [0.3, 0.4) is 0 Å². The third-order valence-corrected chi connectivity index (χ3v) is 4.64. The molecule has 126 valence electrons. The summed E-state index contributed by atoms with van der Waals surface area (Å²) in [6, 6.07) is 13.6. The van der Waals surface area contributed by atoms with Gasteiger partial charge in [-0.15, -0.1) is 0 Å². The standard InChI is InChI=1S/C17H14N4O3S/c1-11(16(22)20-14-8-4-5-9-15(14)21(23)24)25-17-12-6-2-3-7-13(12)18-10-19-17/h2-11H,1H3,(H,20,22). The molecule has 0 saturated heterocycles. The molecular formula is C17H14N4O3S. The maximum atomic E-state index is 12.4. The van der Waals surface area contributed by atoms with Gasteiger partial charge in [-0.2, -0.15) is 0 Å². The summed E-state index contributed by atoms with van der Waals surface area (Å²) >= 11 is 1.28. The predicted molar refractivity (Wildman–Crippen MR) is 96.6 cm³/mol. The van der Waals surface area contributed by atoms with E-state index in [0.717, 1.165) is 10.9 Å². The van der Waals surface area contributed by atoms with Gasteiger partial charge >= 0.3 is 0 Å². The van der Waals surface area contributed by atoms with Gasteiger partial charge in [0, 0.05) is 11.5 Å². The molecule has 1 aromatic heterocycles. The van der Waals surface area contributed by atoms with Gasteiger partial charge in [0.1, 0.15) is 17.0 Å². The van der Waals surface area contributed by atoms with E-state index in [-0.39, 0.29) is 17.3 Å². The van der Waals surface area contributed by atoms with E-state index in [9.17, 15) is 14.9 Å². The molecule has 8 heteroatoms. The van der Waals surface area contributed by atoms with Crippen LogP contribution in [0.25, 0.3) is 10.9 Å². The molecule has 0 spiro atoms. The number of anilines is 1. The van der Waals surface area contributed by atoms with Crippen LogP contribution in [-0.4, -0.2) is 26.0 Å². The van der Waals surface area contributed by atoms with E-state index in [1.165, 1.54) is 30.2 Å². The molecule has 0 aliphatic heterocycles. The molecule has 0 fully saturated rings. The highest BCUT2D eigenvalue weighted by Gasteiger charge is 2.20. The monoisotopic (exact) mass is 354 g/mol. The fourth-order valence-electron chi connectivity index (χ4n) is 2.27. The first-order valence-corrected chi connectivity index (χ1v) is 8.35. The number of hydrogen-bond acceptors (Lipinski definition) is 6. The first-order chi connectivity index (χ1) is 12.1. The molecule has 3 rings (SSSR count). The molecule has 0 aliphatic rings. The molecule has 0 saturated carbocycles. The lowest BCUT2D eigenvalue weighted by Crippen LogP contribution is -2.23. The summed E-state index contributed by atoms with van der Waals surface area (Å²) in [6.45, 7) is 1.73. The highest BCUT2D eigenvalue weighted by atomic mass is 32.2. The number of para-hydroxylation sites is 3. The van der Waals surface area contributed by atoms with E-state index in [0.29, 0.717) is 5.03 Å². The minimum Gasteiger partial charge on any atom is -0.319 e. The van der Waals surface area contributed by atoms with E-state index in [4.69, 9.17) is 0 Å². The Bertz CT molecular complexity index is 943. The molecule has 0 bridgehead atoms. The number of amides is 1. The number of rotatable bonds is 5. The van der Waals surface area contributed by atoms with Crippen molar-refractivity contribution in [1.82, 2.24) is 9.97 Å². The zero-order chi connectivity index (χ0) is 17.8. The second-order valence-corrected chi connectivity index (χ2v) is 6.55. The molecule has 7 nitrogen and oxygen atoms in total. The number of thioether (sulfide) groups is 1. The zero-order valence-electron chi connectivity index (χ0n) is 13.2. The van der Waals surface area contributed by atoms with Crippen molar-refractivity contribution in [1.29, 1.82) is 0 Å². The van der Waals surface area contributed by atoms with E-state index in [1.54, 1.807) is 19.1 Å². The number of nitro benzene ring substituents is 1. The molecule has 3 aromatic rings. The van der Waals surface area contributed by atoms with Crippen molar-refractivity contribution in [3.63, 3.8) is 0 Å². The quantitative estimate of drug-likeness (QED) is 0.325. The molecule has 1 atom stereocenters. The maximum absolute atomic E-state index is 12.4. The van der Waals surface area contributed by atoms with Crippen molar-refractivity contribution in [2.75, 3.05) is 5.32 Å². The van der Waals surface area contributed by atoms with Crippen molar-refractivity contribution in [3.05, 3.63) is 65.0 Å². The Morgan fingerprint density at radius 2 is 1.88 bits per heavy atom. The van der Waals surface area contributed by atoms with Gasteiger partial charge in [0.2, 0.25) is 5.91 Å².